The topological polar surface area (TPSA) is 49.6 Å². The lowest BCUT2D eigenvalue weighted by Crippen LogP contribution is -1.92. The molecular weight excluding hydrogens is 470 g/mol. The third-order valence-corrected chi connectivity index (χ3v) is 7.79. The molecule has 0 spiro atoms. The summed E-state index contributed by atoms with van der Waals surface area (Å²) in [5.41, 5.74) is 7.78. The van der Waals surface area contributed by atoms with Gasteiger partial charge in [0.15, 0.2) is 0 Å². The van der Waals surface area contributed by atoms with Gasteiger partial charge in [0.25, 0.3) is 0 Å². The van der Waals surface area contributed by atoms with E-state index in [0.29, 0.717) is 5.56 Å². The number of rotatable bonds is 3. The Morgan fingerprint density at radius 2 is 1.19 bits per heavy atom. The van der Waals surface area contributed by atoms with Gasteiger partial charge in [0.1, 0.15) is 5.01 Å². The van der Waals surface area contributed by atoms with Crippen molar-refractivity contribution in [3.63, 3.8) is 0 Å². The van der Waals surface area contributed by atoms with Crippen LogP contribution >= 0.6 is 11.3 Å². The number of pyridine rings is 1. The molecule has 172 valence electrons. The summed E-state index contributed by atoms with van der Waals surface area (Å²) in [5.74, 6) is 0. The predicted octanol–water partition coefficient (Wildman–Crippen LogP) is 8.87. The van der Waals surface area contributed by atoms with Gasteiger partial charge in [-0.25, -0.2) is 9.97 Å². The Morgan fingerprint density at radius 3 is 1.97 bits per heavy atom. The summed E-state index contributed by atoms with van der Waals surface area (Å²) in [7, 11) is 0. The van der Waals surface area contributed by atoms with Crippen molar-refractivity contribution in [2.24, 2.45) is 0 Å². The summed E-state index contributed by atoms with van der Waals surface area (Å²) in [4.78, 5) is 10.1. The first-order valence-corrected chi connectivity index (χ1v) is 12.9. The molecule has 7 rings (SSSR count). The highest BCUT2D eigenvalue weighted by atomic mass is 32.1. The molecule has 0 saturated heterocycles. The Hall–Kier alpha value is -4.85. The van der Waals surface area contributed by atoms with Crippen LogP contribution in [0, 0.1) is 11.3 Å². The molecule has 0 bridgehead atoms. The van der Waals surface area contributed by atoms with Crippen molar-refractivity contribution in [3.05, 3.63) is 121 Å². The molecule has 2 aromatic heterocycles. The van der Waals surface area contributed by atoms with E-state index in [2.05, 4.69) is 78.9 Å². The first kappa shape index (κ1) is 21.4. The van der Waals surface area contributed by atoms with Crippen molar-refractivity contribution in [3.8, 4) is 39.0 Å². The van der Waals surface area contributed by atoms with Gasteiger partial charge >= 0.3 is 0 Å². The van der Waals surface area contributed by atoms with Crippen molar-refractivity contribution in [1.29, 1.82) is 5.26 Å². The Morgan fingerprint density at radius 1 is 0.541 bits per heavy atom. The minimum atomic E-state index is 0.647. The summed E-state index contributed by atoms with van der Waals surface area (Å²) in [6.45, 7) is 0. The summed E-state index contributed by atoms with van der Waals surface area (Å²) >= 11 is 1.70. The number of para-hydroxylation sites is 2. The fourth-order valence-corrected chi connectivity index (χ4v) is 5.86. The third kappa shape index (κ3) is 3.74. The number of hydrogen-bond donors (Lipinski definition) is 0. The summed E-state index contributed by atoms with van der Waals surface area (Å²) in [6, 6.07) is 41.6. The highest BCUT2D eigenvalue weighted by Crippen LogP contribution is 2.39. The van der Waals surface area contributed by atoms with E-state index in [-0.39, 0.29) is 0 Å². The Bertz CT molecular complexity index is 1960. The molecule has 0 saturated carbocycles. The van der Waals surface area contributed by atoms with Crippen LogP contribution in [0.15, 0.2) is 115 Å². The molecule has 37 heavy (non-hydrogen) atoms. The maximum absolute atomic E-state index is 9.28. The van der Waals surface area contributed by atoms with Crippen LogP contribution in [0.1, 0.15) is 5.56 Å². The standard InChI is InChI=1S/C33H19N3S/c34-20-21-13-15-22(16-14-21)23-17-24(19-25(18-23)33-36-30-11-5-6-12-31(30)37-33)32-28-9-2-1-7-26(28)27-8-3-4-10-29(27)35-32/h1-19H. The predicted molar refractivity (Wildman–Crippen MR) is 153 cm³/mol. The van der Waals surface area contributed by atoms with Crippen LogP contribution in [0.25, 0.3) is 64.8 Å². The fourth-order valence-electron chi connectivity index (χ4n) is 4.91. The highest BCUT2D eigenvalue weighted by molar-refractivity contribution is 7.21. The number of aromatic nitrogens is 2. The average Bonchev–Trinajstić information content (AvgIpc) is 3.41. The van der Waals surface area contributed by atoms with Crippen LogP contribution in [0.5, 0.6) is 0 Å². The first-order valence-electron chi connectivity index (χ1n) is 12.1. The van der Waals surface area contributed by atoms with E-state index in [1.165, 1.54) is 5.39 Å². The second-order valence-electron chi connectivity index (χ2n) is 9.00. The second-order valence-corrected chi connectivity index (χ2v) is 10.0. The van der Waals surface area contributed by atoms with Crippen molar-refractivity contribution < 1.29 is 0 Å². The molecule has 0 aliphatic rings. The maximum atomic E-state index is 9.28. The minimum absolute atomic E-state index is 0.647. The molecule has 0 atom stereocenters. The van der Waals surface area contributed by atoms with E-state index in [4.69, 9.17) is 9.97 Å². The Labute approximate surface area is 217 Å². The van der Waals surface area contributed by atoms with E-state index >= 15 is 0 Å². The van der Waals surface area contributed by atoms with E-state index in [9.17, 15) is 5.26 Å². The molecule has 0 unspecified atom stereocenters. The Balaban J connectivity index is 1.51. The van der Waals surface area contributed by atoms with Crippen molar-refractivity contribution in [1.82, 2.24) is 9.97 Å². The normalized spacial score (nSPS) is 11.2. The number of fused-ring (bicyclic) bond motifs is 4. The molecule has 0 aliphatic carbocycles. The molecule has 3 nitrogen and oxygen atoms in total. The zero-order valence-electron chi connectivity index (χ0n) is 19.7. The lowest BCUT2D eigenvalue weighted by Gasteiger charge is -2.13. The van der Waals surface area contributed by atoms with Gasteiger partial charge in [-0.2, -0.15) is 5.26 Å². The van der Waals surface area contributed by atoms with Crippen molar-refractivity contribution in [2.75, 3.05) is 0 Å². The molecule has 4 heteroatoms. The molecule has 0 N–H and O–H groups in total. The van der Waals surface area contributed by atoms with Gasteiger partial charge in [0, 0.05) is 21.9 Å². The van der Waals surface area contributed by atoms with E-state index in [1.807, 2.05) is 42.5 Å². The smallest absolute Gasteiger partial charge is 0.124 e. The van der Waals surface area contributed by atoms with Gasteiger partial charge in [-0.15, -0.1) is 11.3 Å². The molecule has 2 heterocycles. The van der Waals surface area contributed by atoms with Gasteiger partial charge in [0.05, 0.1) is 33.1 Å². The van der Waals surface area contributed by atoms with Gasteiger partial charge in [0.2, 0.25) is 0 Å². The van der Waals surface area contributed by atoms with E-state index < -0.39 is 0 Å². The average molecular weight is 490 g/mol. The quantitative estimate of drug-likeness (QED) is 0.233. The summed E-state index contributed by atoms with van der Waals surface area (Å²) < 4.78 is 1.16. The second kappa shape index (κ2) is 8.67. The van der Waals surface area contributed by atoms with Crippen LogP contribution < -0.4 is 0 Å². The highest BCUT2D eigenvalue weighted by Gasteiger charge is 2.15. The largest absolute Gasteiger partial charge is 0.247 e. The fraction of sp³-hybridized carbons (Fsp3) is 0. The monoisotopic (exact) mass is 489 g/mol. The van der Waals surface area contributed by atoms with E-state index in [1.54, 1.807) is 11.3 Å². The number of nitriles is 1. The third-order valence-electron chi connectivity index (χ3n) is 6.70. The molecule has 7 aromatic rings. The lowest BCUT2D eigenvalue weighted by atomic mass is 9.95. The zero-order valence-corrected chi connectivity index (χ0v) is 20.5. The summed E-state index contributed by atoms with van der Waals surface area (Å²) in [5, 5.41) is 13.7. The SMILES string of the molecule is N#Cc1ccc(-c2cc(-c3nc4ccccc4s3)cc(-c3nc4ccccc4c4ccccc34)c2)cc1. The van der Waals surface area contributed by atoms with Gasteiger partial charge in [-0.3, -0.25) is 0 Å². The van der Waals surface area contributed by atoms with Crippen LogP contribution in [0.4, 0.5) is 0 Å². The van der Waals surface area contributed by atoms with E-state index in [0.717, 1.165) is 59.5 Å². The van der Waals surface area contributed by atoms with Gasteiger partial charge < -0.3 is 0 Å². The number of benzene rings is 5. The number of thiazole rings is 1. The van der Waals surface area contributed by atoms with Gasteiger partial charge in [-0.1, -0.05) is 66.7 Å². The molecule has 0 fully saturated rings. The maximum Gasteiger partial charge on any atom is 0.124 e. The lowest BCUT2D eigenvalue weighted by molar-refractivity contribution is 1.42. The number of hydrogen-bond acceptors (Lipinski definition) is 4. The molecule has 5 aromatic carbocycles. The van der Waals surface area contributed by atoms with Crippen LogP contribution in [0.2, 0.25) is 0 Å². The Kier molecular flexibility index (Phi) is 5.02. The van der Waals surface area contributed by atoms with Crippen molar-refractivity contribution in [2.45, 2.75) is 0 Å². The molecule has 0 amide bonds. The van der Waals surface area contributed by atoms with Crippen LogP contribution in [0.3, 0.4) is 0 Å². The first-order chi connectivity index (χ1) is 18.3. The minimum Gasteiger partial charge on any atom is -0.247 e. The van der Waals surface area contributed by atoms with Crippen LogP contribution in [-0.2, 0) is 0 Å². The molecular formula is C33H19N3S. The molecule has 0 aliphatic heterocycles. The van der Waals surface area contributed by atoms with Crippen molar-refractivity contribution >= 4 is 43.2 Å². The van der Waals surface area contributed by atoms with Crippen LogP contribution in [-0.4, -0.2) is 9.97 Å². The number of nitrogens with zero attached hydrogens (tertiary/aromatic N) is 3. The summed E-state index contributed by atoms with van der Waals surface area (Å²) in [6.07, 6.45) is 0. The zero-order chi connectivity index (χ0) is 24.8. The molecule has 0 radical (unpaired) electrons. The van der Waals surface area contributed by atoms with Gasteiger partial charge in [-0.05, 0) is 65.0 Å².